The van der Waals surface area contributed by atoms with E-state index in [4.69, 9.17) is 18.9 Å². The van der Waals surface area contributed by atoms with Gasteiger partial charge in [-0.1, -0.05) is 6.07 Å². The van der Waals surface area contributed by atoms with E-state index < -0.39 is 40.2 Å². The van der Waals surface area contributed by atoms with Crippen molar-refractivity contribution in [1.82, 2.24) is 0 Å². The van der Waals surface area contributed by atoms with Crippen LogP contribution in [-0.2, 0) is 19.1 Å². The molecule has 0 aromatic heterocycles. The molecule has 0 spiro atoms. The first-order chi connectivity index (χ1) is 18.2. The smallest absolute Gasteiger partial charge is 0.315 e. The maximum Gasteiger partial charge on any atom is 0.315 e. The number of nitro benzene ring substituents is 1. The van der Waals surface area contributed by atoms with Crippen LogP contribution in [0.4, 0.5) is 11.4 Å². The molecule has 1 heterocycles. The zero-order chi connectivity index (χ0) is 27.4. The Morgan fingerprint density at radius 1 is 1.11 bits per heavy atom. The Kier molecular flexibility index (Phi) is 7.81. The summed E-state index contributed by atoms with van der Waals surface area (Å²) in [7, 11) is 0. The van der Waals surface area contributed by atoms with E-state index in [1.165, 1.54) is 31.2 Å². The molecule has 1 saturated carbocycles. The first-order valence-electron chi connectivity index (χ1n) is 12.2. The SMILES string of the molecule is CCOC(=O)[C@H]1C(=NNc2ccc([N+](=O)[O-])cc2)C[C@](C)(O)[C@@H](C(=O)OCC)[C@@H]1c1ccc2c(c1)OCO2. The Bertz CT molecular complexity index is 1240. The number of carbonyl (C=O) groups is 2. The van der Waals surface area contributed by atoms with Crippen molar-refractivity contribution in [2.45, 2.75) is 38.7 Å². The highest BCUT2D eigenvalue weighted by Gasteiger charge is 2.56. The number of anilines is 1. The van der Waals surface area contributed by atoms with Gasteiger partial charge in [-0.15, -0.1) is 0 Å². The van der Waals surface area contributed by atoms with Gasteiger partial charge in [-0.2, -0.15) is 5.10 Å². The van der Waals surface area contributed by atoms with Crippen LogP contribution in [0, 0.1) is 22.0 Å². The quantitative estimate of drug-likeness (QED) is 0.296. The van der Waals surface area contributed by atoms with Gasteiger partial charge in [0.25, 0.3) is 5.69 Å². The third-order valence-electron chi connectivity index (χ3n) is 6.56. The molecule has 12 heteroatoms. The highest BCUT2D eigenvalue weighted by Crippen LogP contribution is 2.49. The summed E-state index contributed by atoms with van der Waals surface area (Å²) < 4.78 is 21.6. The van der Waals surface area contributed by atoms with Crippen LogP contribution in [-0.4, -0.2) is 53.3 Å². The summed E-state index contributed by atoms with van der Waals surface area (Å²) >= 11 is 0. The molecular formula is C26H29N3O9. The standard InChI is InChI=1S/C26H29N3O9/c1-4-35-24(30)22-18(28-27-16-7-9-17(10-8-16)29(33)34)13-26(3,32)23(25(31)36-5-2)21(22)15-6-11-19-20(12-15)38-14-37-19/h6-12,21-23,27,32H,4-5,13-14H2,1-3H3/t21-,22+,23-,26+/m1/s1. The van der Waals surface area contributed by atoms with Crippen LogP contribution < -0.4 is 14.9 Å². The molecule has 2 aromatic carbocycles. The number of hydrogen-bond acceptors (Lipinski definition) is 11. The van der Waals surface area contributed by atoms with E-state index in [2.05, 4.69) is 10.5 Å². The molecule has 4 atom stereocenters. The lowest BCUT2D eigenvalue weighted by atomic mass is 9.61. The second kappa shape index (κ2) is 11.1. The molecule has 0 radical (unpaired) electrons. The number of non-ortho nitro benzene ring substituents is 1. The minimum absolute atomic E-state index is 0.0373. The topological polar surface area (TPSA) is 159 Å². The summed E-state index contributed by atoms with van der Waals surface area (Å²) in [6.45, 7) is 5.04. The number of carbonyl (C=O) groups excluding carboxylic acids is 2. The van der Waals surface area contributed by atoms with E-state index in [1.807, 2.05) is 0 Å². The number of nitrogens with one attached hydrogen (secondary N) is 1. The predicted molar refractivity (Wildman–Crippen MR) is 135 cm³/mol. The molecule has 12 nitrogen and oxygen atoms in total. The van der Waals surface area contributed by atoms with Crippen molar-refractivity contribution in [2.75, 3.05) is 25.4 Å². The highest BCUT2D eigenvalue weighted by molar-refractivity contribution is 6.06. The van der Waals surface area contributed by atoms with E-state index in [1.54, 1.807) is 32.0 Å². The number of hydrogen-bond donors (Lipinski definition) is 2. The molecule has 202 valence electrons. The van der Waals surface area contributed by atoms with Crippen molar-refractivity contribution in [2.24, 2.45) is 16.9 Å². The Morgan fingerprint density at radius 2 is 1.76 bits per heavy atom. The average Bonchev–Trinajstić information content (AvgIpc) is 3.35. The van der Waals surface area contributed by atoms with E-state index in [0.29, 0.717) is 22.7 Å². The van der Waals surface area contributed by atoms with Crippen molar-refractivity contribution in [3.63, 3.8) is 0 Å². The molecule has 2 aliphatic rings. The average molecular weight is 528 g/mol. The molecule has 1 aliphatic carbocycles. The lowest BCUT2D eigenvalue weighted by Crippen LogP contribution is -2.55. The van der Waals surface area contributed by atoms with Gasteiger partial charge >= 0.3 is 11.9 Å². The van der Waals surface area contributed by atoms with Crippen molar-refractivity contribution in [3.05, 3.63) is 58.1 Å². The van der Waals surface area contributed by atoms with Crippen LogP contribution in [0.1, 0.15) is 38.7 Å². The number of nitrogens with zero attached hydrogens (tertiary/aromatic N) is 2. The van der Waals surface area contributed by atoms with E-state index in [9.17, 15) is 24.8 Å². The summed E-state index contributed by atoms with van der Waals surface area (Å²) in [4.78, 5) is 37.1. The Labute approximate surface area is 218 Å². The van der Waals surface area contributed by atoms with Gasteiger partial charge in [0.05, 0.1) is 41.1 Å². The number of aliphatic hydroxyl groups is 1. The van der Waals surface area contributed by atoms with Crippen LogP contribution in [0.5, 0.6) is 11.5 Å². The summed E-state index contributed by atoms with van der Waals surface area (Å²) in [6, 6.07) is 10.6. The van der Waals surface area contributed by atoms with E-state index in [0.717, 1.165) is 0 Å². The predicted octanol–water partition coefficient (Wildman–Crippen LogP) is 3.39. The van der Waals surface area contributed by atoms with Crippen molar-refractivity contribution >= 4 is 29.0 Å². The first kappa shape index (κ1) is 26.9. The van der Waals surface area contributed by atoms with Crippen LogP contribution in [0.3, 0.4) is 0 Å². The molecule has 38 heavy (non-hydrogen) atoms. The minimum Gasteiger partial charge on any atom is -0.466 e. The van der Waals surface area contributed by atoms with Gasteiger partial charge in [0.15, 0.2) is 11.5 Å². The fourth-order valence-corrected chi connectivity index (χ4v) is 4.93. The number of rotatable bonds is 8. The van der Waals surface area contributed by atoms with Gasteiger partial charge in [-0.25, -0.2) is 0 Å². The largest absolute Gasteiger partial charge is 0.466 e. The van der Waals surface area contributed by atoms with E-state index >= 15 is 0 Å². The Balaban J connectivity index is 1.80. The normalized spacial score (nSPS) is 25.1. The van der Waals surface area contributed by atoms with Crippen LogP contribution in [0.2, 0.25) is 0 Å². The van der Waals surface area contributed by atoms with Crippen LogP contribution >= 0.6 is 0 Å². The first-order valence-corrected chi connectivity index (χ1v) is 12.2. The van der Waals surface area contributed by atoms with Gasteiger partial charge in [0.1, 0.15) is 5.92 Å². The molecule has 4 rings (SSSR count). The minimum atomic E-state index is -1.65. The zero-order valence-corrected chi connectivity index (χ0v) is 21.2. The van der Waals surface area contributed by atoms with Crippen molar-refractivity contribution < 1.29 is 38.6 Å². The fourth-order valence-electron chi connectivity index (χ4n) is 4.93. The van der Waals surface area contributed by atoms with E-state index in [-0.39, 0.29) is 37.8 Å². The summed E-state index contributed by atoms with van der Waals surface area (Å²) in [5.41, 5.74) is 2.29. The summed E-state index contributed by atoms with van der Waals surface area (Å²) in [5, 5.41) is 26.9. The van der Waals surface area contributed by atoms with Gasteiger partial charge in [-0.3, -0.25) is 25.1 Å². The van der Waals surface area contributed by atoms with Crippen molar-refractivity contribution in [1.29, 1.82) is 0 Å². The fraction of sp³-hybridized carbons (Fsp3) is 0.423. The second-order valence-corrected chi connectivity index (χ2v) is 9.15. The molecule has 0 amide bonds. The van der Waals surface area contributed by atoms with Gasteiger partial charge < -0.3 is 24.1 Å². The van der Waals surface area contributed by atoms with Crippen molar-refractivity contribution in [3.8, 4) is 11.5 Å². The lowest BCUT2D eigenvalue weighted by Gasteiger charge is -2.45. The van der Waals surface area contributed by atoms with Gasteiger partial charge in [0, 0.05) is 24.5 Å². The monoisotopic (exact) mass is 527 g/mol. The highest BCUT2D eigenvalue weighted by atomic mass is 16.7. The third kappa shape index (κ3) is 5.40. The molecule has 1 fully saturated rings. The molecule has 0 saturated heterocycles. The third-order valence-corrected chi connectivity index (χ3v) is 6.56. The molecule has 0 unspecified atom stereocenters. The molecule has 1 aliphatic heterocycles. The maximum atomic E-state index is 13.4. The molecule has 2 aromatic rings. The lowest BCUT2D eigenvalue weighted by molar-refractivity contribution is -0.384. The molecule has 2 N–H and O–H groups in total. The van der Waals surface area contributed by atoms with Gasteiger partial charge in [-0.05, 0) is 50.6 Å². The molecular weight excluding hydrogens is 498 g/mol. The van der Waals surface area contributed by atoms with Crippen LogP contribution in [0.15, 0.2) is 47.6 Å². The Morgan fingerprint density at radius 3 is 2.42 bits per heavy atom. The molecule has 0 bridgehead atoms. The maximum absolute atomic E-state index is 13.4. The number of benzene rings is 2. The number of fused-ring (bicyclic) bond motifs is 1. The summed E-state index contributed by atoms with van der Waals surface area (Å²) in [5.74, 6) is -3.42. The second-order valence-electron chi connectivity index (χ2n) is 9.15. The van der Waals surface area contributed by atoms with Crippen LogP contribution in [0.25, 0.3) is 0 Å². The number of hydrazone groups is 1. The Hall–Kier alpha value is -4.19. The van der Waals surface area contributed by atoms with Gasteiger partial charge in [0.2, 0.25) is 6.79 Å². The number of nitro groups is 1. The summed E-state index contributed by atoms with van der Waals surface area (Å²) in [6.07, 6.45) is -0.138. The number of ether oxygens (including phenoxy) is 4. The number of esters is 2. The zero-order valence-electron chi connectivity index (χ0n) is 21.2.